The number of nitrogens with one attached hydrogen (secondary N) is 2. The van der Waals surface area contributed by atoms with Gasteiger partial charge in [0.15, 0.2) is 0 Å². The number of aryl methyl sites for hydroxylation is 1. The number of esters is 1. The average Bonchev–Trinajstić information content (AvgIpc) is 2.45. The van der Waals surface area contributed by atoms with E-state index in [1.807, 2.05) is 37.3 Å². The molecule has 8 heteroatoms. The molecule has 2 rings (SSSR count). The Bertz CT molecular complexity index is 652. The minimum atomic E-state index is -0.298. The lowest BCUT2D eigenvalue weighted by Gasteiger charge is -2.10. The van der Waals surface area contributed by atoms with Crippen LogP contribution in [0.15, 0.2) is 30.3 Å². The molecule has 0 spiro atoms. The summed E-state index contributed by atoms with van der Waals surface area (Å²) in [5, 5.41) is 6.28. The van der Waals surface area contributed by atoms with E-state index in [0.29, 0.717) is 18.3 Å². The number of benzene rings is 1. The Morgan fingerprint density at radius 1 is 1.26 bits per heavy atom. The molecule has 0 saturated carbocycles. The summed E-state index contributed by atoms with van der Waals surface area (Å²) in [4.78, 5) is 19.4. The van der Waals surface area contributed by atoms with Gasteiger partial charge in [0.1, 0.15) is 12.4 Å². The summed E-state index contributed by atoms with van der Waals surface area (Å²) in [6, 6.07) is 9.90. The predicted octanol–water partition coefficient (Wildman–Crippen LogP) is 3.53. The van der Waals surface area contributed by atoms with Crippen LogP contribution in [0.1, 0.15) is 12.6 Å². The van der Waals surface area contributed by atoms with Crippen LogP contribution in [-0.2, 0) is 9.53 Å². The van der Waals surface area contributed by atoms with Crippen molar-refractivity contribution < 1.29 is 9.53 Å². The Hall–Kier alpha value is -1.61. The van der Waals surface area contributed by atoms with Gasteiger partial charge >= 0.3 is 5.97 Å². The van der Waals surface area contributed by atoms with Crippen LogP contribution in [0.25, 0.3) is 0 Å². The minimum Gasteiger partial charge on any atom is -0.464 e. The highest BCUT2D eigenvalue weighted by Gasteiger charge is 2.03. The molecule has 0 atom stereocenters. The van der Waals surface area contributed by atoms with E-state index in [1.54, 1.807) is 0 Å². The first kappa shape index (κ1) is 19.4. The van der Waals surface area contributed by atoms with Crippen molar-refractivity contribution in [2.24, 2.45) is 0 Å². The Morgan fingerprint density at radius 2 is 1.96 bits per heavy atom. The summed E-state index contributed by atoms with van der Waals surface area (Å²) < 4.78 is 6.03. The molecule has 0 saturated heterocycles. The molecule has 2 aromatic rings. The number of halogens is 2. The minimum absolute atomic E-state index is 0. The topological polar surface area (TPSA) is 76.1 Å². The highest BCUT2D eigenvalue weighted by molar-refractivity contribution is 14.1. The molecule has 0 bridgehead atoms. The first-order valence-corrected chi connectivity index (χ1v) is 7.86. The van der Waals surface area contributed by atoms with Crippen molar-refractivity contribution in [3.05, 3.63) is 39.6 Å². The predicted molar refractivity (Wildman–Crippen MR) is 102 cm³/mol. The lowest BCUT2D eigenvalue weighted by Crippen LogP contribution is -2.14. The van der Waals surface area contributed by atoms with Crippen molar-refractivity contribution in [3.63, 3.8) is 0 Å². The van der Waals surface area contributed by atoms with Crippen LogP contribution >= 0.6 is 35.0 Å². The second-order valence-corrected chi connectivity index (χ2v) is 5.86. The van der Waals surface area contributed by atoms with Gasteiger partial charge < -0.3 is 15.4 Å². The quantitative estimate of drug-likeness (QED) is 0.400. The van der Waals surface area contributed by atoms with Gasteiger partial charge in [-0.05, 0) is 53.8 Å². The smallest absolute Gasteiger partial charge is 0.302 e. The maximum Gasteiger partial charge on any atom is 0.302 e. The van der Waals surface area contributed by atoms with Gasteiger partial charge in [0.2, 0.25) is 5.95 Å². The third kappa shape index (κ3) is 7.00. The maximum atomic E-state index is 10.7. The Labute approximate surface area is 155 Å². The average molecular weight is 449 g/mol. The van der Waals surface area contributed by atoms with Crippen molar-refractivity contribution in [2.75, 3.05) is 23.8 Å². The third-order valence-electron chi connectivity index (χ3n) is 2.66. The number of hydrogen-bond donors (Lipinski definition) is 2. The first-order chi connectivity index (χ1) is 10.5. The Kier molecular flexibility index (Phi) is 8.04. The maximum absolute atomic E-state index is 10.7. The lowest BCUT2D eigenvalue weighted by molar-refractivity contribution is -0.140. The summed E-state index contributed by atoms with van der Waals surface area (Å²) in [7, 11) is 0. The summed E-state index contributed by atoms with van der Waals surface area (Å²) in [6.07, 6.45) is 0. The van der Waals surface area contributed by atoms with E-state index in [4.69, 9.17) is 4.74 Å². The van der Waals surface area contributed by atoms with Crippen molar-refractivity contribution in [2.45, 2.75) is 13.8 Å². The molecular weight excluding hydrogens is 431 g/mol. The van der Waals surface area contributed by atoms with E-state index in [2.05, 4.69) is 43.2 Å². The SMILES string of the molecule is CC(=O)OCCNc1nc(C)cc(Nc2ccc(I)cc2)n1.Cl. The van der Waals surface area contributed by atoms with Crippen LogP contribution in [0.3, 0.4) is 0 Å². The van der Waals surface area contributed by atoms with Crippen molar-refractivity contribution in [1.29, 1.82) is 0 Å². The molecule has 6 nitrogen and oxygen atoms in total. The van der Waals surface area contributed by atoms with E-state index in [1.165, 1.54) is 10.5 Å². The molecular formula is C15H18ClIN4O2. The first-order valence-electron chi connectivity index (χ1n) is 6.78. The molecule has 0 aliphatic carbocycles. The molecule has 0 fully saturated rings. The van der Waals surface area contributed by atoms with Gasteiger partial charge in [-0.15, -0.1) is 12.4 Å². The van der Waals surface area contributed by atoms with Crippen LogP contribution in [-0.4, -0.2) is 29.1 Å². The van der Waals surface area contributed by atoms with Gasteiger partial charge in [-0.25, -0.2) is 4.98 Å². The number of aromatic nitrogens is 2. The third-order valence-corrected chi connectivity index (χ3v) is 3.38. The second kappa shape index (κ2) is 9.51. The summed E-state index contributed by atoms with van der Waals surface area (Å²) in [5.41, 5.74) is 1.81. The fourth-order valence-electron chi connectivity index (χ4n) is 1.75. The molecule has 1 heterocycles. The highest BCUT2D eigenvalue weighted by Crippen LogP contribution is 2.17. The molecule has 124 valence electrons. The fourth-order valence-corrected chi connectivity index (χ4v) is 2.11. The standard InChI is InChI=1S/C15H17IN4O2.ClH/c1-10-9-14(19-13-5-3-12(16)4-6-13)20-15(18-10)17-7-8-22-11(2)21;/h3-6,9H,7-8H2,1-2H3,(H2,17,18,19,20);1H. The van der Waals surface area contributed by atoms with Crippen LogP contribution in [0.5, 0.6) is 0 Å². The van der Waals surface area contributed by atoms with E-state index >= 15 is 0 Å². The van der Waals surface area contributed by atoms with E-state index in [9.17, 15) is 4.79 Å². The number of rotatable bonds is 6. The second-order valence-electron chi connectivity index (χ2n) is 4.62. The molecule has 1 aromatic heterocycles. The molecule has 0 aliphatic heterocycles. The zero-order chi connectivity index (χ0) is 15.9. The number of ether oxygens (including phenoxy) is 1. The number of carbonyl (C=O) groups excluding carboxylic acids is 1. The molecule has 0 aliphatic rings. The summed E-state index contributed by atoms with van der Waals surface area (Å²) in [6.45, 7) is 4.03. The molecule has 0 amide bonds. The van der Waals surface area contributed by atoms with Crippen LogP contribution in [0, 0.1) is 10.5 Å². The van der Waals surface area contributed by atoms with Gasteiger partial charge in [-0.2, -0.15) is 4.98 Å². The van der Waals surface area contributed by atoms with Crippen molar-refractivity contribution >= 4 is 58.4 Å². The number of carbonyl (C=O) groups is 1. The number of hydrogen-bond acceptors (Lipinski definition) is 6. The molecule has 0 unspecified atom stereocenters. The molecule has 1 aromatic carbocycles. The Balaban J connectivity index is 0.00000264. The van der Waals surface area contributed by atoms with Gasteiger partial charge in [0.05, 0.1) is 6.54 Å². The number of anilines is 3. The monoisotopic (exact) mass is 448 g/mol. The van der Waals surface area contributed by atoms with Crippen molar-refractivity contribution in [1.82, 2.24) is 9.97 Å². The Morgan fingerprint density at radius 3 is 2.61 bits per heavy atom. The summed E-state index contributed by atoms with van der Waals surface area (Å²) in [5.74, 6) is 0.914. The molecule has 0 radical (unpaired) electrons. The van der Waals surface area contributed by atoms with Crippen molar-refractivity contribution in [3.8, 4) is 0 Å². The largest absolute Gasteiger partial charge is 0.464 e. The fraction of sp³-hybridized carbons (Fsp3) is 0.267. The highest BCUT2D eigenvalue weighted by atomic mass is 127. The van der Waals surface area contributed by atoms with E-state index in [0.717, 1.165) is 11.4 Å². The van der Waals surface area contributed by atoms with E-state index < -0.39 is 0 Å². The number of nitrogens with zero attached hydrogens (tertiary/aromatic N) is 2. The van der Waals surface area contributed by atoms with E-state index in [-0.39, 0.29) is 25.0 Å². The van der Waals surface area contributed by atoms with Gasteiger partial charge in [-0.1, -0.05) is 0 Å². The van der Waals surface area contributed by atoms with Crippen LogP contribution in [0.4, 0.5) is 17.5 Å². The van der Waals surface area contributed by atoms with Crippen LogP contribution < -0.4 is 10.6 Å². The zero-order valence-corrected chi connectivity index (χ0v) is 15.8. The van der Waals surface area contributed by atoms with Crippen LogP contribution in [0.2, 0.25) is 0 Å². The zero-order valence-electron chi connectivity index (χ0n) is 12.8. The normalized spacial score (nSPS) is 9.70. The van der Waals surface area contributed by atoms with Gasteiger partial charge in [0.25, 0.3) is 0 Å². The molecule has 2 N–H and O–H groups in total. The van der Waals surface area contributed by atoms with Gasteiger partial charge in [-0.3, -0.25) is 4.79 Å². The molecule has 23 heavy (non-hydrogen) atoms. The summed E-state index contributed by atoms with van der Waals surface area (Å²) >= 11 is 2.26. The lowest BCUT2D eigenvalue weighted by atomic mass is 10.3. The van der Waals surface area contributed by atoms with Gasteiger partial charge in [0, 0.05) is 27.9 Å².